The maximum Gasteiger partial charge on any atom is 0.278 e. The third kappa shape index (κ3) is 3.86. The summed E-state index contributed by atoms with van der Waals surface area (Å²) in [5.41, 5.74) is 4.17. The molecule has 1 aliphatic rings. The van der Waals surface area contributed by atoms with Gasteiger partial charge in [0.25, 0.3) is 5.56 Å². The van der Waals surface area contributed by atoms with E-state index in [0.29, 0.717) is 23.5 Å². The summed E-state index contributed by atoms with van der Waals surface area (Å²) in [6, 6.07) is 7.88. The van der Waals surface area contributed by atoms with Crippen LogP contribution in [-0.2, 0) is 24.9 Å². The maximum absolute atomic E-state index is 15.0. The summed E-state index contributed by atoms with van der Waals surface area (Å²) in [5.74, 6) is -0.189. The summed E-state index contributed by atoms with van der Waals surface area (Å²) in [4.78, 5) is 26.3. The number of halogens is 1. The Kier molecular flexibility index (Phi) is 5.44. The van der Waals surface area contributed by atoms with Crippen LogP contribution in [-0.4, -0.2) is 30.9 Å². The van der Waals surface area contributed by atoms with E-state index < -0.39 is 5.82 Å². The standard InChI is InChI=1S/C25H28FN7O/c1-5-32-23(34)18-13-29-24(30-17-7-6-15-8-9-27-12-16(15)10-17)31-22(18)33(32)20-11-21(25(2,3)4)28-14-19(20)26/h6-7,10-11,13-14,27H,5,8-9,12H2,1-4H3,(H,29,30,31). The first kappa shape index (κ1) is 22.2. The van der Waals surface area contributed by atoms with Gasteiger partial charge in [-0.2, -0.15) is 4.98 Å². The zero-order valence-electron chi connectivity index (χ0n) is 19.8. The van der Waals surface area contributed by atoms with E-state index in [-0.39, 0.29) is 16.7 Å². The second-order valence-electron chi connectivity index (χ2n) is 9.57. The fraction of sp³-hybridized carbons (Fsp3) is 0.360. The van der Waals surface area contributed by atoms with Gasteiger partial charge >= 0.3 is 0 Å². The van der Waals surface area contributed by atoms with Gasteiger partial charge < -0.3 is 10.6 Å². The number of nitrogens with one attached hydrogen (secondary N) is 2. The van der Waals surface area contributed by atoms with Crippen molar-refractivity contribution >= 4 is 22.7 Å². The molecule has 0 aliphatic carbocycles. The van der Waals surface area contributed by atoms with Crippen molar-refractivity contribution in [2.45, 2.75) is 52.6 Å². The van der Waals surface area contributed by atoms with Crippen LogP contribution in [0.25, 0.3) is 16.7 Å². The van der Waals surface area contributed by atoms with E-state index in [1.165, 1.54) is 32.9 Å². The monoisotopic (exact) mass is 461 g/mol. The van der Waals surface area contributed by atoms with Gasteiger partial charge in [0.2, 0.25) is 5.95 Å². The van der Waals surface area contributed by atoms with Crippen molar-refractivity contribution in [3.8, 4) is 5.69 Å². The predicted molar refractivity (Wildman–Crippen MR) is 130 cm³/mol. The van der Waals surface area contributed by atoms with Crippen molar-refractivity contribution in [2.75, 3.05) is 11.9 Å². The lowest BCUT2D eigenvalue weighted by atomic mass is 9.91. The van der Waals surface area contributed by atoms with Gasteiger partial charge in [-0.25, -0.2) is 18.7 Å². The van der Waals surface area contributed by atoms with Gasteiger partial charge in [-0.3, -0.25) is 9.78 Å². The van der Waals surface area contributed by atoms with E-state index in [4.69, 9.17) is 0 Å². The molecule has 0 bridgehead atoms. The second-order valence-corrected chi connectivity index (χ2v) is 9.57. The van der Waals surface area contributed by atoms with E-state index >= 15 is 4.39 Å². The molecule has 2 N–H and O–H groups in total. The Labute approximate surface area is 196 Å². The maximum atomic E-state index is 15.0. The topological polar surface area (TPSA) is 89.7 Å². The minimum atomic E-state index is -0.526. The molecule has 8 nitrogen and oxygen atoms in total. The normalized spacial score (nSPS) is 13.8. The Morgan fingerprint density at radius 1 is 1.15 bits per heavy atom. The van der Waals surface area contributed by atoms with E-state index in [9.17, 15) is 4.79 Å². The Bertz CT molecular complexity index is 1450. The highest BCUT2D eigenvalue weighted by molar-refractivity contribution is 5.77. The molecule has 1 aliphatic heterocycles. The molecule has 34 heavy (non-hydrogen) atoms. The van der Waals surface area contributed by atoms with Crippen LogP contribution in [0, 0.1) is 5.82 Å². The van der Waals surface area contributed by atoms with Crippen molar-refractivity contribution in [3.05, 3.63) is 69.7 Å². The highest BCUT2D eigenvalue weighted by Gasteiger charge is 2.23. The van der Waals surface area contributed by atoms with Crippen LogP contribution in [0.5, 0.6) is 0 Å². The average Bonchev–Trinajstić information content (AvgIpc) is 3.09. The summed E-state index contributed by atoms with van der Waals surface area (Å²) >= 11 is 0. The first-order chi connectivity index (χ1) is 16.3. The minimum absolute atomic E-state index is 0.235. The van der Waals surface area contributed by atoms with Gasteiger partial charge in [0.15, 0.2) is 11.5 Å². The highest BCUT2D eigenvalue weighted by Crippen LogP contribution is 2.26. The number of nitrogens with zero attached hydrogens (tertiary/aromatic N) is 5. The second kappa shape index (κ2) is 8.32. The van der Waals surface area contributed by atoms with Gasteiger partial charge in [0, 0.05) is 36.1 Å². The van der Waals surface area contributed by atoms with Crippen LogP contribution in [0.3, 0.4) is 0 Å². The Morgan fingerprint density at radius 2 is 1.97 bits per heavy atom. The summed E-state index contributed by atoms with van der Waals surface area (Å²) in [5, 5.41) is 6.95. The SMILES string of the molecule is CCn1c(=O)c2cnc(Nc3ccc4c(c3)CNCC4)nc2n1-c1cc(C(C)(C)C)ncc1F. The zero-order valence-corrected chi connectivity index (χ0v) is 19.8. The first-order valence-electron chi connectivity index (χ1n) is 11.5. The minimum Gasteiger partial charge on any atom is -0.324 e. The van der Waals surface area contributed by atoms with Gasteiger partial charge in [-0.05, 0) is 49.2 Å². The Balaban J connectivity index is 1.63. The van der Waals surface area contributed by atoms with Crippen molar-refractivity contribution < 1.29 is 4.39 Å². The molecule has 176 valence electrons. The van der Waals surface area contributed by atoms with E-state index in [2.05, 4.69) is 37.7 Å². The number of aromatic nitrogens is 5. The number of hydrogen-bond donors (Lipinski definition) is 2. The molecule has 0 fully saturated rings. The zero-order chi connectivity index (χ0) is 24.0. The molecular weight excluding hydrogens is 433 g/mol. The van der Waals surface area contributed by atoms with Gasteiger partial charge in [0.1, 0.15) is 11.1 Å². The Morgan fingerprint density at radius 3 is 2.74 bits per heavy atom. The lowest BCUT2D eigenvalue weighted by Gasteiger charge is -2.20. The van der Waals surface area contributed by atoms with Crippen LogP contribution in [0.1, 0.15) is 44.5 Å². The molecule has 0 spiro atoms. The molecule has 3 aromatic heterocycles. The molecular formula is C25H28FN7O. The fourth-order valence-corrected chi connectivity index (χ4v) is 4.31. The number of rotatable bonds is 4. The van der Waals surface area contributed by atoms with Crippen molar-refractivity contribution in [2.24, 2.45) is 0 Å². The summed E-state index contributed by atoms with van der Waals surface area (Å²) < 4.78 is 18.0. The van der Waals surface area contributed by atoms with Crippen LogP contribution < -0.4 is 16.2 Å². The largest absolute Gasteiger partial charge is 0.324 e. The van der Waals surface area contributed by atoms with Crippen LogP contribution >= 0.6 is 0 Å². The quantitative estimate of drug-likeness (QED) is 0.480. The van der Waals surface area contributed by atoms with Crippen LogP contribution in [0.4, 0.5) is 16.0 Å². The molecule has 0 atom stereocenters. The number of benzene rings is 1. The third-order valence-corrected chi connectivity index (χ3v) is 6.16. The van der Waals surface area contributed by atoms with Crippen molar-refractivity contribution in [3.63, 3.8) is 0 Å². The average molecular weight is 462 g/mol. The fourth-order valence-electron chi connectivity index (χ4n) is 4.31. The van der Waals surface area contributed by atoms with Gasteiger partial charge in [0.05, 0.1) is 6.20 Å². The van der Waals surface area contributed by atoms with Crippen molar-refractivity contribution in [1.82, 2.24) is 29.6 Å². The predicted octanol–water partition coefficient (Wildman–Crippen LogP) is 3.82. The van der Waals surface area contributed by atoms with Gasteiger partial charge in [-0.1, -0.05) is 26.8 Å². The number of pyridine rings is 1. The molecule has 0 unspecified atom stereocenters. The summed E-state index contributed by atoms with van der Waals surface area (Å²) in [7, 11) is 0. The number of anilines is 2. The lowest BCUT2D eigenvalue weighted by molar-refractivity contribution is 0.527. The molecule has 4 heterocycles. The van der Waals surface area contributed by atoms with Gasteiger partial charge in [-0.15, -0.1) is 0 Å². The molecule has 4 aromatic rings. The summed E-state index contributed by atoms with van der Waals surface area (Å²) in [6.07, 6.45) is 3.70. The van der Waals surface area contributed by atoms with Crippen LogP contribution in [0.15, 0.2) is 41.5 Å². The van der Waals surface area contributed by atoms with Crippen LogP contribution in [0.2, 0.25) is 0 Å². The van der Waals surface area contributed by atoms with Crippen molar-refractivity contribution in [1.29, 1.82) is 0 Å². The molecule has 9 heteroatoms. The van der Waals surface area contributed by atoms with E-state index in [0.717, 1.165) is 30.9 Å². The van der Waals surface area contributed by atoms with E-state index in [1.807, 2.05) is 33.8 Å². The molecule has 0 saturated heterocycles. The molecule has 1 aromatic carbocycles. The smallest absolute Gasteiger partial charge is 0.278 e. The number of fused-ring (bicyclic) bond motifs is 2. The lowest BCUT2D eigenvalue weighted by Crippen LogP contribution is -2.23. The third-order valence-electron chi connectivity index (χ3n) is 6.16. The first-order valence-corrected chi connectivity index (χ1v) is 11.5. The molecule has 5 rings (SSSR count). The van der Waals surface area contributed by atoms with E-state index in [1.54, 1.807) is 6.07 Å². The highest BCUT2D eigenvalue weighted by atomic mass is 19.1. The molecule has 0 radical (unpaired) electrons. The number of hydrogen-bond acceptors (Lipinski definition) is 6. The molecule has 0 saturated carbocycles. The summed E-state index contributed by atoms with van der Waals surface area (Å²) in [6.45, 7) is 10.0. The Hall–Kier alpha value is -3.59. The molecule has 0 amide bonds.